The Kier molecular flexibility index (Phi) is 6.23. The van der Waals surface area contributed by atoms with Crippen molar-refractivity contribution in [3.05, 3.63) is 141 Å². The van der Waals surface area contributed by atoms with Crippen LogP contribution in [0.2, 0.25) is 0 Å². The number of H-pyrrole nitrogens is 1. The van der Waals surface area contributed by atoms with Crippen LogP contribution in [0.15, 0.2) is 129 Å². The number of halogens is 1. The first-order valence-corrected chi connectivity index (χ1v) is 14.2. The van der Waals surface area contributed by atoms with Gasteiger partial charge in [-0.15, -0.1) is 4.41 Å². The quantitative estimate of drug-likeness (QED) is 0.256. The number of hydrazine groups is 1. The molecular formula is C30H22BrN3O3S. The van der Waals surface area contributed by atoms with Crippen molar-refractivity contribution < 1.29 is 8.42 Å². The van der Waals surface area contributed by atoms with Gasteiger partial charge in [0.2, 0.25) is 0 Å². The highest BCUT2D eigenvalue weighted by atomic mass is 79.9. The number of pyridine rings is 1. The van der Waals surface area contributed by atoms with E-state index in [4.69, 9.17) is 0 Å². The molecule has 0 unspecified atom stereocenters. The molecule has 0 aliphatic carbocycles. The molecule has 6 nitrogen and oxygen atoms in total. The van der Waals surface area contributed by atoms with Crippen LogP contribution in [0, 0.1) is 0 Å². The van der Waals surface area contributed by atoms with E-state index >= 15 is 0 Å². The third-order valence-electron chi connectivity index (χ3n) is 6.56. The van der Waals surface area contributed by atoms with Gasteiger partial charge in [-0.1, -0.05) is 94.8 Å². The molecule has 8 heteroatoms. The second-order valence-corrected chi connectivity index (χ2v) is 11.7. The van der Waals surface area contributed by atoms with Crippen LogP contribution in [0.1, 0.15) is 17.2 Å². The number of aromatic nitrogens is 1. The summed E-state index contributed by atoms with van der Waals surface area (Å²) in [6.07, 6.45) is 1.80. The first kappa shape index (κ1) is 24.4. The van der Waals surface area contributed by atoms with Crippen LogP contribution in [0.4, 0.5) is 0 Å². The summed E-state index contributed by atoms with van der Waals surface area (Å²) in [6, 6.07) is 32.3. The SMILES string of the molecule is O=c1[nH]c2ccc(Br)cc2c(-c2ccccc2)c1C1=C[C@@H](c2ccccc2)N(S(=O)(=O)c2ccccc2)N1. The molecule has 38 heavy (non-hydrogen) atoms. The zero-order valence-corrected chi connectivity index (χ0v) is 22.4. The van der Waals surface area contributed by atoms with Crippen LogP contribution < -0.4 is 11.0 Å². The molecule has 1 aliphatic rings. The molecule has 0 bridgehead atoms. The normalized spacial score (nSPS) is 15.8. The minimum atomic E-state index is -3.97. The van der Waals surface area contributed by atoms with Crippen molar-refractivity contribution in [1.82, 2.24) is 14.8 Å². The van der Waals surface area contributed by atoms with Crippen molar-refractivity contribution in [2.45, 2.75) is 10.9 Å². The molecule has 0 spiro atoms. The number of hydrogen-bond acceptors (Lipinski definition) is 4. The summed E-state index contributed by atoms with van der Waals surface area (Å²) in [6.45, 7) is 0. The highest BCUT2D eigenvalue weighted by Crippen LogP contribution is 2.39. The van der Waals surface area contributed by atoms with Crippen LogP contribution in [-0.4, -0.2) is 17.8 Å². The average molecular weight is 584 g/mol. The van der Waals surface area contributed by atoms with Crippen LogP contribution in [0.25, 0.3) is 27.7 Å². The monoisotopic (exact) mass is 583 g/mol. The number of nitrogens with one attached hydrogen (secondary N) is 2. The molecule has 0 fully saturated rings. The van der Waals surface area contributed by atoms with Gasteiger partial charge in [-0.05, 0) is 47.5 Å². The Bertz CT molecular complexity index is 1840. The summed E-state index contributed by atoms with van der Waals surface area (Å²) in [7, 11) is -3.97. The molecule has 5 aromatic rings. The average Bonchev–Trinajstić information content (AvgIpc) is 3.40. The van der Waals surface area contributed by atoms with Gasteiger partial charge in [0.1, 0.15) is 0 Å². The molecule has 0 saturated heterocycles. The number of nitrogens with zero attached hydrogens (tertiary/aromatic N) is 1. The number of hydrogen-bond donors (Lipinski definition) is 2. The van der Waals surface area contributed by atoms with Gasteiger partial charge in [0.25, 0.3) is 15.6 Å². The third-order valence-corrected chi connectivity index (χ3v) is 8.75. The van der Waals surface area contributed by atoms with Crippen LogP contribution in [-0.2, 0) is 10.0 Å². The molecule has 0 saturated carbocycles. The summed E-state index contributed by atoms with van der Waals surface area (Å²) < 4.78 is 29.8. The highest BCUT2D eigenvalue weighted by Gasteiger charge is 2.38. The van der Waals surface area contributed by atoms with Crippen molar-refractivity contribution in [3.8, 4) is 11.1 Å². The molecule has 188 valence electrons. The van der Waals surface area contributed by atoms with Gasteiger partial charge in [-0.3, -0.25) is 4.79 Å². The molecule has 4 aromatic carbocycles. The minimum absolute atomic E-state index is 0.155. The standard InChI is InChI=1S/C30H22BrN3O3S/c31-22-16-17-25-24(18-22)28(21-12-6-2-7-13-21)29(30(35)32-25)26-19-27(20-10-4-1-5-11-20)34(33-26)38(36,37)23-14-8-3-9-15-23/h1-19,27,33H,(H,32,35)/t27-/m0/s1. The molecular weight excluding hydrogens is 562 g/mol. The van der Waals surface area contributed by atoms with Gasteiger partial charge in [-0.2, -0.15) is 0 Å². The molecule has 0 radical (unpaired) electrons. The highest BCUT2D eigenvalue weighted by molar-refractivity contribution is 9.10. The van der Waals surface area contributed by atoms with E-state index in [1.54, 1.807) is 36.4 Å². The zero-order chi connectivity index (χ0) is 26.3. The number of rotatable bonds is 5. The van der Waals surface area contributed by atoms with Gasteiger partial charge in [-0.25, -0.2) is 8.42 Å². The molecule has 2 N–H and O–H groups in total. The molecule has 6 rings (SSSR count). The fraction of sp³-hybridized carbons (Fsp3) is 0.0333. The second kappa shape index (κ2) is 9.72. The maximum atomic E-state index is 13.8. The van der Waals surface area contributed by atoms with Crippen molar-refractivity contribution in [2.75, 3.05) is 0 Å². The molecule has 1 aromatic heterocycles. The Labute approximate surface area is 228 Å². The van der Waals surface area contributed by atoms with E-state index in [9.17, 15) is 13.2 Å². The second-order valence-electron chi connectivity index (χ2n) is 8.92. The fourth-order valence-corrected chi connectivity index (χ4v) is 6.60. The van der Waals surface area contributed by atoms with E-state index in [2.05, 4.69) is 26.3 Å². The third kappa shape index (κ3) is 4.26. The summed E-state index contributed by atoms with van der Waals surface area (Å²) in [5, 5.41) is 0.837. The summed E-state index contributed by atoms with van der Waals surface area (Å²) in [4.78, 5) is 16.8. The maximum Gasteiger partial charge on any atom is 0.260 e. The smallest absolute Gasteiger partial charge is 0.260 e. The molecule has 0 amide bonds. The predicted molar refractivity (Wildman–Crippen MR) is 153 cm³/mol. The zero-order valence-electron chi connectivity index (χ0n) is 20.0. The largest absolute Gasteiger partial charge is 0.321 e. The fourth-order valence-electron chi connectivity index (χ4n) is 4.81. The Balaban J connectivity index is 1.60. The molecule has 2 heterocycles. The van der Waals surface area contributed by atoms with Gasteiger partial charge in [0, 0.05) is 20.9 Å². The van der Waals surface area contributed by atoms with E-state index in [-0.39, 0.29) is 10.5 Å². The summed E-state index contributed by atoms with van der Waals surface area (Å²) >= 11 is 3.56. The predicted octanol–water partition coefficient (Wildman–Crippen LogP) is 6.25. The number of aromatic amines is 1. The van der Waals surface area contributed by atoms with Gasteiger partial charge in [0.05, 0.1) is 22.2 Å². The number of sulfonamides is 1. The van der Waals surface area contributed by atoms with Gasteiger partial charge in [0.15, 0.2) is 0 Å². The Morgan fingerprint density at radius 2 is 1.39 bits per heavy atom. The lowest BCUT2D eigenvalue weighted by Gasteiger charge is -2.25. The number of fused-ring (bicyclic) bond motifs is 1. The van der Waals surface area contributed by atoms with Crippen LogP contribution >= 0.6 is 15.9 Å². The van der Waals surface area contributed by atoms with E-state index in [1.807, 2.05) is 78.9 Å². The van der Waals surface area contributed by atoms with Gasteiger partial charge >= 0.3 is 0 Å². The lowest BCUT2D eigenvalue weighted by atomic mass is 9.94. The van der Waals surface area contributed by atoms with E-state index in [0.29, 0.717) is 16.8 Å². The first-order chi connectivity index (χ1) is 18.4. The Morgan fingerprint density at radius 1 is 0.763 bits per heavy atom. The number of benzene rings is 4. The molecule has 1 aliphatic heterocycles. The van der Waals surface area contributed by atoms with E-state index in [1.165, 1.54) is 4.41 Å². The van der Waals surface area contributed by atoms with E-state index in [0.717, 1.165) is 26.5 Å². The van der Waals surface area contributed by atoms with Crippen molar-refractivity contribution in [3.63, 3.8) is 0 Å². The lowest BCUT2D eigenvalue weighted by Crippen LogP contribution is -2.40. The van der Waals surface area contributed by atoms with Crippen LogP contribution in [0.3, 0.4) is 0 Å². The summed E-state index contributed by atoms with van der Waals surface area (Å²) in [5.41, 5.74) is 6.60. The van der Waals surface area contributed by atoms with Gasteiger partial charge < -0.3 is 10.4 Å². The van der Waals surface area contributed by atoms with E-state index < -0.39 is 16.1 Å². The minimum Gasteiger partial charge on any atom is -0.321 e. The lowest BCUT2D eigenvalue weighted by molar-refractivity contribution is 0.348. The first-order valence-electron chi connectivity index (χ1n) is 12.0. The topological polar surface area (TPSA) is 82.3 Å². The Morgan fingerprint density at radius 3 is 2.08 bits per heavy atom. The van der Waals surface area contributed by atoms with Crippen molar-refractivity contribution >= 4 is 42.6 Å². The van der Waals surface area contributed by atoms with Crippen LogP contribution in [0.5, 0.6) is 0 Å². The van der Waals surface area contributed by atoms with Crippen molar-refractivity contribution in [2.24, 2.45) is 0 Å². The van der Waals surface area contributed by atoms with Crippen molar-refractivity contribution in [1.29, 1.82) is 0 Å². The summed E-state index contributed by atoms with van der Waals surface area (Å²) in [5.74, 6) is 0. The Hall–Kier alpha value is -3.98. The maximum absolute atomic E-state index is 13.8. The molecule has 1 atom stereocenters.